The van der Waals surface area contributed by atoms with E-state index in [4.69, 9.17) is 25.8 Å². The molecule has 3 heterocycles. The number of ether oxygens (including phenoxy) is 3. The highest BCUT2D eigenvalue weighted by Crippen LogP contribution is 2.39. The zero-order chi connectivity index (χ0) is 26.8. The average molecular weight is 559 g/mol. The fourth-order valence-electron chi connectivity index (χ4n) is 4.11. The summed E-state index contributed by atoms with van der Waals surface area (Å²) in [5.74, 6) is 0.778. The molecule has 0 aliphatic rings. The lowest BCUT2D eigenvalue weighted by Crippen LogP contribution is -2.22. The molecule has 0 fully saturated rings. The van der Waals surface area contributed by atoms with Crippen molar-refractivity contribution >= 4 is 49.7 Å². The number of pyridine rings is 1. The highest BCUT2D eigenvalue weighted by molar-refractivity contribution is 6.76. The van der Waals surface area contributed by atoms with Gasteiger partial charge in [-0.3, -0.25) is 0 Å². The van der Waals surface area contributed by atoms with Crippen LogP contribution in [0.4, 0.5) is 0 Å². The Kier molecular flexibility index (Phi) is 8.49. The zero-order valence-electron chi connectivity index (χ0n) is 23.1. The number of rotatable bonds is 12. The molecule has 37 heavy (non-hydrogen) atoms. The first kappa shape index (κ1) is 27.8. The molecular weight excluding hydrogens is 520 g/mol. The van der Waals surface area contributed by atoms with E-state index in [1.54, 1.807) is 7.11 Å². The molecule has 0 amide bonds. The van der Waals surface area contributed by atoms with Gasteiger partial charge in [0.1, 0.15) is 30.0 Å². The Bertz CT molecular complexity index is 1370. The molecular formula is C27H39ClN4O3Si2. The summed E-state index contributed by atoms with van der Waals surface area (Å²) in [6, 6.07) is 10.2. The Morgan fingerprint density at radius 2 is 1.57 bits per heavy atom. The minimum Gasteiger partial charge on any atom is -0.496 e. The van der Waals surface area contributed by atoms with Gasteiger partial charge in [-0.2, -0.15) is 5.10 Å². The second-order valence-electron chi connectivity index (χ2n) is 12.0. The molecule has 0 N–H and O–H groups in total. The molecule has 0 aliphatic carbocycles. The summed E-state index contributed by atoms with van der Waals surface area (Å²) in [7, 11) is -0.617. The smallest absolute Gasteiger partial charge is 0.144 e. The summed E-state index contributed by atoms with van der Waals surface area (Å²) in [6.07, 6.45) is 3.94. The first-order valence-electron chi connectivity index (χ1n) is 12.8. The number of halogens is 1. The van der Waals surface area contributed by atoms with Crippen LogP contribution in [-0.4, -0.2) is 55.8 Å². The maximum Gasteiger partial charge on any atom is 0.144 e. The van der Waals surface area contributed by atoms with Gasteiger partial charge in [0, 0.05) is 57.5 Å². The van der Waals surface area contributed by atoms with Gasteiger partial charge in [0.25, 0.3) is 0 Å². The molecule has 0 spiro atoms. The van der Waals surface area contributed by atoms with E-state index < -0.39 is 16.1 Å². The maximum absolute atomic E-state index is 6.29. The van der Waals surface area contributed by atoms with E-state index in [1.807, 2.05) is 33.6 Å². The molecule has 4 rings (SSSR count). The van der Waals surface area contributed by atoms with E-state index in [0.29, 0.717) is 18.6 Å². The second kappa shape index (κ2) is 11.3. The normalized spacial score (nSPS) is 12.6. The van der Waals surface area contributed by atoms with Crippen LogP contribution >= 0.6 is 11.6 Å². The number of methoxy groups -OCH3 is 1. The van der Waals surface area contributed by atoms with Crippen molar-refractivity contribution in [2.45, 2.75) is 64.8 Å². The van der Waals surface area contributed by atoms with Gasteiger partial charge < -0.3 is 18.8 Å². The molecule has 200 valence electrons. The van der Waals surface area contributed by atoms with Gasteiger partial charge in [0.2, 0.25) is 0 Å². The van der Waals surface area contributed by atoms with Gasteiger partial charge in [0.15, 0.2) is 0 Å². The molecule has 0 atom stereocenters. The molecule has 1 aromatic carbocycles. The molecule has 3 aromatic heterocycles. The highest BCUT2D eigenvalue weighted by atomic mass is 35.5. The summed E-state index contributed by atoms with van der Waals surface area (Å²) >= 11 is 6.29. The van der Waals surface area contributed by atoms with E-state index in [9.17, 15) is 0 Å². The molecule has 10 heteroatoms. The Balaban J connectivity index is 1.67. The van der Waals surface area contributed by atoms with Crippen molar-refractivity contribution in [1.29, 1.82) is 0 Å². The summed E-state index contributed by atoms with van der Waals surface area (Å²) in [5, 5.41) is 7.04. The number of fused-ring (bicyclic) bond motifs is 2. The molecule has 0 bridgehead atoms. The van der Waals surface area contributed by atoms with Crippen LogP contribution in [0.15, 0.2) is 36.7 Å². The van der Waals surface area contributed by atoms with E-state index in [1.165, 1.54) is 0 Å². The number of hydrogen-bond donors (Lipinski definition) is 0. The quantitative estimate of drug-likeness (QED) is 0.103. The predicted molar refractivity (Wildman–Crippen MR) is 158 cm³/mol. The van der Waals surface area contributed by atoms with Gasteiger partial charge in [-0.05, 0) is 36.4 Å². The molecule has 0 unspecified atom stereocenters. The Morgan fingerprint density at radius 1 is 0.892 bits per heavy atom. The third-order valence-electron chi connectivity index (χ3n) is 6.38. The minimum atomic E-state index is -1.17. The second-order valence-corrected chi connectivity index (χ2v) is 23.6. The van der Waals surface area contributed by atoms with Crippen LogP contribution in [0.25, 0.3) is 33.1 Å². The average Bonchev–Trinajstić information content (AvgIpc) is 3.37. The van der Waals surface area contributed by atoms with Gasteiger partial charge in [-0.25, -0.2) is 9.67 Å². The highest BCUT2D eigenvalue weighted by Gasteiger charge is 2.19. The van der Waals surface area contributed by atoms with Crippen molar-refractivity contribution in [3.8, 4) is 16.9 Å². The molecule has 7 nitrogen and oxygen atoms in total. The molecule has 0 saturated heterocycles. The minimum absolute atomic E-state index is 0.418. The van der Waals surface area contributed by atoms with Crippen molar-refractivity contribution in [2.75, 3.05) is 20.3 Å². The van der Waals surface area contributed by atoms with Crippen molar-refractivity contribution in [3.63, 3.8) is 0 Å². The van der Waals surface area contributed by atoms with Gasteiger partial charge in [-0.15, -0.1) is 0 Å². The van der Waals surface area contributed by atoms with E-state index in [-0.39, 0.29) is 0 Å². The summed E-state index contributed by atoms with van der Waals surface area (Å²) in [6.45, 7) is 16.4. The van der Waals surface area contributed by atoms with Crippen LogP contribution < -0.4 is 4.74 Å². The Morgan fingerprint density at radius 3 is 2.22 bits per heavy atom. The summed E-state index contributed by atoms with van der Waals surface area (Å²) < 4.78 is 21.8. The zero-order valence-corrected chi connectivity index (χ0v) is 25.9. The largest absolute Gasteiger partial charge is 0.496 e. The first-order chi connectivity index (χ1) is 17.4. The summed E-state index contributed by atoms with van der Waals surface area (Å²) in [5.41, 5.74) is 3.77. The van der Waals surface area contributed by atoms with Crippen LogP contribution in [0, 0.1) is 0 Å². The van der Waals surface area contributed by atoms with E-state index in [0.717, 1.165) is 64.1 Å². The van der Waals surface area contributed by atoms with Crippen molar-refractivity contribution in [1.82, 2.24) is 19.3 Å². The fourth-order valence-corrected chi connectivity index (χ4v) is 5.77. The molecule has 0 saturated carbocycles. The predicted octanol–water partition coefficient (Wildman–Crippen LogP) is 7.34. The number of aromatic nitrogens is 4. The SMILES string of the molecule is COc1cc2cnn(COCC[Si](C)(C)C)c2cc1-c1cn(COCC[Si](C)(C)C)c2nc(Cl)ccc12. The van der Waals surface area contributed by atoms with Crippen molar-refractivity contribution in [2.24, 2.45) is 0 Å². The lowest BCUT2D eigenvalue weighted by molar-refractivity contribution is 0.0817. The third kappa shape index (κ3) is 7.03. The molecule has 0 radical (unpaired) electrons. The maximum atomic E-state index is 6.29. The standard InChI is InChI=1S/C27H39ClN4O3Si2/c1-33-25-14-20-16-29-32(19-35-11-13-37(5,6)7)24(20)15-22(25)23-17-31(18-34-10-12-36(2,3)4)27-21(23)8-9-26(28)30-27/h8-9,14-17H,10-13,18-19H2,1-7H3. The van der Waals surface area contributed by atoms with Gasteiger partial charge in [-0.1, -0.05) is 50.9 Å². The fraction of sp³-hybridized carbons (Fsp3) is 0.481. The topological polar surface area (TPSA) is 63.3 Å². The molecule has 0 aliphatic heterocycles. The lowest BCUT2D eigenvalue weighted by Gasteiger charge is -2.15. The Hall–Kier alpha value is -2.18. The number of benzene rings is 1. The Labute approximate surface area is 226 Å². The molecule has 4 aromatic rings. The lowest BCUT2D eigenvalue weighted by atomic mass is 10.0. The summed E-state index contributed by atoms with van der Waals surface area (Å²) in [4.78, 5) is 4.63. The van der Waals surface area contributed by atoms with Crippen LogP contribution in [0.5, 0.6) is 5.75 Å². The van der Waals surface area contributed by atoms with Gasteiger partial charge in [0.05, 0.1) is 18.8 Å². The van der Waals surface area contributed by atoms with Gasteiger partial charge >= 0.3 is 0 Å². The number of hydrogen-bond acceptors (Lipinski definition) is 5. The van der Waals surface area contributed by atoms with E-state index >= 15 is 0 Å². The van der Waals surface area contributed by atoms with Crippen molar-refractivity contribution in [3.05, 3.63) is 41.8 Å². The first-order valence-corrected chi connectivity index (χ1v) is 20.6. The van der Waals surface area contributed by atoms with Crippen LogP contribution in [0.1, 0.15) is 0 Å². The van der Waals surface area contributed by atoms with E-state index in [2.05, 4.69) is 61.6 Å². The van der Waals surface area contributed by atoms with Crippen LogP contribution in [-0.2, 0) is 22.9 Å². The third-order valence-corrected chi connectivity index (χ3v) is 10.00. The van der Waals surface area contributed by atoms with Crippen LogP contribution in [0.2, 0.25) is 56.5 Å². The van der Waals surface area contributed by atoms with Crippen LogP contribution in [0.3, 0.4) is 0 Å². The van der Waals surface area contributed by atoms with Crippen molar-refractivity contribution < 1.29 is 14.2 Å². The monoisotopic (exact) mass is 558 g/mol. The number of nitrogens with zero attached hydrogens (tertiary/aromatic N) is 4.